The van der Waals surface area contributed by atoms with Crippen LogP contribution < -0.4 is 5.32 Å². The van der Waals surface area contributed by atoms with Crippen molar-refractivity contribution in [3.05, 3.63) is 36.9 Å². The van der Waals surface area contributed by atoms with Gasteiger partial charge < -0.3 is 5.32 Å². The number of hydrogen-bond acceptors (Lipinski definition) is 4. The summed E-state index contributed by atoms with van der Waals surface area (Å²) >= 11 is 1.55. The van der Waals surface area contributed by atoms with Gasteiger partial charge in [-0.3, -0.25) is 4.79 Å². The minimum absolute atomic E-state index is 0.189. The first kappa shape index (κ1) is 14.8. The maximum Gasteiger partial charge on any atom is 0.239 e. The van der Waals surface area contributed by atoms with Crippen LogP contribution in [0.3, 0.4) is 0 Å². The average Bonchev–Trinajstić information content (AvgIpc) is 2.28. The summed E-state index contributed by atoms with van der Waals surface area (Å²) in [6.07, 6.45) is 3.20. The highest BCUT2D eigenvalue weighted by Crippen LogP contribution is 2.18. The van der Waals surface area contributed by atoms with E-state index in [9.17, 15) is 13.2 Å². The number of carbonyl (C=O) groups is 1. The van der Waals surface area contributed by atoms with Crippen LogP contribution in [-0.2, 0) is 14.6 Å². The van der Waals surface area contributed by atoms with Crippen molar-refractivity contribution in [1.29, 1.82) is 0 Å². The molecule has 0 saturated carbocycles. The van der Waals surface area contributed by atoms with Crippen LogP contribution in [0.2, 0.25) is 0 Å². The smallest absolute Gasteiger partial charge is 0.239 e. The lowest BCUT2D eigenvalue weighted by atomic mass is 10.3. The second-order valence-corrected chi connectivity index (χ2v) is 6.61. The summed E-state index contributed by atoms with van der Waals surface area (Å²) in [6, 6.07) is 7.23. The lowest BCUT2D eigenvalue weighted by molar-refractivity contribution is -0.113. The van der Waals surface area contributed by atoms with Crippen LogP contribution in [0, 0.1) is 0 Å². The minimum Gasteiger partial charge on any atom is -0.325 e. The lowest BCUT2D eigenvalue weighted by Gasteiger charge is -2.06. The zero-order valence-electron chi connectivity index (χ0n) is 10.0. The van der Waals surface area contributed by atoms with Crippen molar-refractivity contribution in [2.24, 2.45) is 0 Å². The first-order valence-corrected chi connectivity index (χ1v) is 8.26. The summed E-state index contributed by atoms with van der Waals surface area (Å²) in [6.45, 7) is 3.35. The summed E-state index contributed by atoms with van der Waals surface area (Å²) in [7, 11) is -3.40. The van der Waals surface area contributed by atoms with E-state index in [-0.39, 0.29) is 5.75 Å². The van der Waals surface area contributed by atoms with Crippen LogP contribution in [0.5, 0.6) is 0 Å². The third kappa shape index (κ3) is 4.93. The van der Waals surface area contributed by atoms with E-state index in [1.165, 1.54) is 6.08 Å². The van der Waals surface area contributed by atoms with Crippen LogP contribution in [0.15, 0.2) is 41.8 Å². The Labute approximate surface area is 111 Å². The average molecular weight is 285 g/mol. The van der Waals surface area contributed by atoms with Gasteiger partial charge in [0.25, 0.3) is 0 Å². The molecule has 1 aromatic rings. The quantitative estimate of drug-likeness (QED) is 0.641. The number of anilines is 1. The van der Waals surface area contributed by atoms with Gasteiger partial charge in [-0.25, -0.2) is 8.42 Å². The molecule has 0 aliphatic rings. The molecular weight excluding hydrogens is 270 g/mol. The number of benzene rings is 1. The van der Waals surface area contributed by atoms with Crippen molar-refractivity contribution in [1.82, 2.24) is 0 Å². The fourth-order valence-electron chi connectivity index (χ4n) is 1.34. The van der Waals surface area contributed by atoms with E-state index in [0.29, 0.717) is 5.69 Å². The van der Waals surface area contributed by atoms with Gasteiger partial charge in [0, 0.05) is 10.6 Å². The zero-order valence-corrected chi connectivity index (χ0v) is 11.7. The Morgan fingerprint density at radius 2 is 2.22 bits per heavy atom. The fourth-order valence-corrected chi connectivity index (χ4v) is 2.74. The third-order valence-electron chi connectivity index (χ3n) is 2.08. The SMILES string of the molecule is C=CCS(=O)(=O)CC(=O)Nc1cccc(SC)c1. The molecule has 18 heavy (non-hydrogen) atoms. The maximum absolute atomic E-state index is 11.6. The van der Waals surface area contributed by atoms with E-state index in [2.05, 4.69) is 11.9 Å². The molecule has 0 spiro atoms. The molecule has 0 bridgehead atoms. The fraction of sp³-hybridized carbons (Fsp3) is 0.250. The highest BCUT2D eigenvalue weighted by molar-refractivity contribution is 7.98. The largest absolute Gasteiger partial charge is 0.325 e. The van der Waals surface area contributed by atoms with Gasteiger partial charge in [0.05, 0.1) is 5.75 Å². The molecule has 0 aliphatic heterocycles. The first-order valence-electron chi connectivity index (χ1n) is 5.22. The van der Waals surface area contributed by atoms with Crippen molar-refractivity contribution < 1.29 is 13.2 Å². The van der Waals surface area contributed by atoms with E-state index in [1.54, 1.807) is 30.0 Å². The highest BCUT2D eigenvalue weighted by atomic mass is 32.2. The Morgan fingerprint density at radius 3 is 2.83 bits per heavy atom. The van der Waals surface area contributed by atoms with Gasteiger partial charge in [0.15, 0.2) is 9.84 Å². The molecule has 1 aromatic carbocycles. The van der Waals surface area contributed by atoms with Gasteiger partial charge in [0.1, 0.15) is 5.75 Å². The number of thioether (sulfide) groups is 1. The summed E-state index contributed by atoms with van der Waals surface area (Å²) in [5.41, 5.74) is 0.598. The molecule has 1 amide bonds. The van der Waals surface area contributed by atoms with Crippen LogP contribution in [0.4, 0.5) is 5.69 Å². The minimum atomic E-state index is -3.40. The Bertz CT molecular complexity index is 538. The van der Waals surface area contributed by atoms with E-state index in [4.69, 9.17) is 0 Å². The number of hydrogen-bond donors (Lipinski definition) is 1. The second-order valence-electron chi connectivity index (χ2n) is 3.62. The molecule has 0 atom stereocenters. The Balaban J connectivity index is 2.67. The maximum atomic E-state index is 11.6. The first-order chi connectivity index (χ1) is 8.46. The van der Waals surface area contributed by atoms with Crippen molar-refractivity contribution in [3.8, 4) is 0 Å². The predicted octanol–water partition coefficient (Wildman–Crippen LogP) is 1.95. The molecule has 0 radical (unpaired) electrons. The van der Waals surface area contributed by atoms with Crippen molar-refractivity contribution in [2.75, 3.05) is 23.1 Å². The molecule has 0 saturated heterocycles. The summed E-state index contributed by atoms with van der Waals surface area (Å²) in [5, 5.41) is 2.57. The van der Waals surface area contributed by atoms with Crippen LogP contribution in [-0.4, -0.2) is 32.1 Å². The van der Waals surface area contributed by atoms with E-state index in [0.717, 1.165) is 4.90 Å². The lowest BCUT2D eigenvalue weighted by Crippen LogP contribution is -2.24. The normalized spacial score (nSPS) is 10.9. The van der Waals surface area contributed by atoms with Gasteiger partial charge in [-0.2, -0.15) is 0 Å². The summed E-state index contributed by atoms with van der Waals surface area (Å²) < 4.78 is 22.8. The van der Waals surface area contributed by atoms with Gasteiger partial charge in [-0.15, -0.1) is 18.3 Å². The number of carbonyl (C=O) groups excluding carboxylic acids is 1. The van der Waals surface area contributed by atoms with Gasteiger partial charge in [-0.1, -0.05) is 12.1 Å². The predicted molar refractivity (Wildman–Crippen MR) is 75.7 cm³/mol. The van der Waals surface area contributed by atoms with Gasteiger partial charge in [-0.05, 0) is 24.5 Å². The topological polar surface area (TPSA) is 63.2 Å². The summed E-state index contributed by atoms with van der Waals surface area (Å²) in [5.74, 6) is -1.25. The number of rotatable bonds is 6. The van der Waals surface area contributed by atoms with Crippen LogP contribution >= 0.6 is 11.8 Å². The van der Waals surface area contributed by atoms with Crippen molar-refractivity contribution in [2.45, 2.75) is 4.90 Å². The summed E-state index contributed by atoms with van der Waals surface area (Å²) in [4.78, 5) is 12.6. The monoisotopic (exact) mass is 285 g/mol. The zero-order chi connectivity index (χ0) is 13.6. The molecule has 0 heterocycles. The second kappa shape index (κ2) is 6.61. The van der Waals surface area contributed by atoms with Gasteiger partial charge in [0.2, 0.25) is 5.91 Å². The molecule has 98 valence electrons. The molecule has 1 rings (SSSR count). The molecule has 0 unspecified atom stereocenters. The van der Waals surface area contributed by atoms with Crippen LogP contribution in [0.1, 0.15) is 0 Å². The third-order valence-corrected chi connectivity index (χ3v) is 4.25. The van der Waals surface area contributed by atoms with E-state index in [1.807, 2.05) is 12.3 Å². The Morgan fingerprint density at radius 1 is 1.50 bits per heavy atom. The number of sulfone groups is 1. The highest BCUT2D eigenvalue weighted by Gasteiger charge is 2.15. The molecule has 1 N–H and O–H groups in total. The Hall–Kier alpha value is -1.27. The molecule has 6 heteroatoms. The van der Waals surface area contributed by atoms with Crippen molar-refractivity contribution in [3.63, 3.8) is 0 Å². The Kier molecular flexibility index (Phi) is 5.43. The van der Waals surface area contributed by atoms with Gasteiger partial charge >= 0.3 is 0 Å². The standard InChI is InChI=1S/C12H15NO3S2/c1-3-7-18(15,16)9-12(14)13-10-5-4-6-11(8-10)17-2/h3-6,8H,1,7,9H2,2H3,(H,13,14). The molecular formula is C12H15NO3S2. The molecule has 0 aliphatic carbocycles. The van der Waals surface area contributed by atoms with Crippen LogP contribution in [0.25, 0.3) is 0 Å². The number of nitrogens with one attached hydrogen (secondary N) is 1. The van der Waals surface area contributed by atoms with E-state index < -0.39 is 21.5 Å². The number of amides is 1. The van der Waals surface area contributed by atoms with E-state index >= 15 is 0 Å². The molecule has 0 aromatic heterocycles. The molecule has 4 nitrogen and oxygen atoms in total. The molecule has 0 fully saturated rings. The van der Waals surface area contributed by atoms with Crippen molar-refractivity contribution >= 4 is 33.2 Å².